The van der Waals surface area contributed by atoms with Crippen molar-refractivity contribution in [2.75, 3.05) is 6.61 Å². The van der Waals surface area contributed by atoms with Crippen LogP contribution < -0.4 is 5.32 Å². The van der Waals surface area contributed by atoms with Gasteiger partial charge in [0.15, 0.2) is 0 Å². The highest BCUT2D eigenvalue weighted by atomic mass is 35.5. The van der Waals surface area contributed by atoms with Gasteiger partial charge < -0.3 is 10.4 Å². The van der Waals surface area contributed by atoms with E-state index >= 15 is 0 Å². The largest absolute Gasteiger partial charge is 0.395 e. The molecule has 14 heavy (non-hydrogen) atoms. The summed E-state index contributed by atoms with van der Waals surface area (Å²) in [5.74, 6) is 0. The van der Waals surface area contributed by atoms with Crippen LogP contribution in [0.3, 0.4) is 0 Å². The summed E-state index contributed by atoms with van der Waals surface area (Å²) in [6.45, 7) is 5.28. The molecule has 1 atom stereocenters. The molecule has 1 aromatic heterocycles. The molecule has 0 aliphatic rings. The van der Waals surface area contributed by atoms with Gasteiger partial charge >= 0.3 is 0 Å². The van der Waals surface area contributed by atoms with E-state index in [1.807, 2.05) is 0 Å². The maximum Gasteiger partial charge on any atom is 0.0584 e. The summed E-state index contributed by atoms with van der Waals surface area (Å²) in [5.41, 5.74) is 0. The summed E-state index contributed by atoms with van der Waals surface area (Å²) >= 11 is 1.81. The zero-order chi connectivity index (χ0) is 9.68. The number of aryl methyl sites for hydroxylation is 1. The first-order chi connectivity index (χ1) is 6.26. The number of aliphatic hydroxyl groups is 1. The van der Waals surface area contributed by atoms with Gasteiger partial charge in [-0.3, -0.25) is 0 Å². The fraction of sp³-hybridized carbons (Fsp3) is 0.600. The topological polar surface area (TPSA) is 32.3 Å². The number of hydrogen-bond donors (Lipinski definition) is 2. The summed E-state index contributed by atoms with van der Waals surface area (Å²) < 4.78 is 0. The van der Waals surface area contributed by atoms with Crippen LogP contribution in [0.25, 0.3) is 0 Å². The third-order valence-corrected chi connectivity index (χ3v) is 3.07. The molecule has 1 aromatic rings. The van der Waals surface area contributed by atoms with E-state index in [-0.39, 0.29) is 25.1 Å². The van der Waals surface area contributed by atoms with E-state index in [4.69, 9.17) is 5.11 Å². The van der Waals surface area contributed by atoms with Crippen LogP contribution in [0.1, 0.15) is 23.1 Å². The lowest BCUT2D eigenvalue weighted by Crippen LogP contribution is -2.30. The summed E-state index contributed by atoms with van der Waals surface area (Å²) in [4.78, 5) is 2.68. The van der Waals surface area contributed by atoms with Crippen LogP contribution >= 0.6 is 23.7 Å². The fourth-order valence-electron chi connectivity index (χ4n) is 1.16. The summed E-state index contributed by atoms with van der Waals surface area (Å²) in [6, 6.07) is 4.50. The molecule has 2 nitrogen and oxygen atoms in total. The first-order valence-electron chi connectivity index (χ1n) is 4.65. The van der Waals surface area contributed by atoms with Crippen molar-refractivity contribution >= 4 is 23.7 Å². The summed E-state index contributed by atoms with van der Waals surface area (Å²) in [6.07, 6.45) is 0.973. The second-order valence-corrected chi connectivity index (χ2v) is 4.55. The third kappa shape index (κ3) is 4.42. The molecule has 0 saturated carbocycles. The molecular formula is C10H18ClNOS. The van der Waals surface area contributed by atoms with Crippen LogP contribution in [0.2, 0.25) is 0 Å². The Balaban J connectivity index is 0.00000169. The minimum absolute atomic E-state index is 0. The number of rotatable bonds is 5. The Kier molecular flexibility index (Phi) is 7.19. The third-order valence-electron chi connectivity index (χ3n) is 2.07. The molecule has 1 heterocycles. The lowest BCUT2D eigenvalue weighted by molar-refractivity contribution is 0.238. The molecule has 0 fully saturated rings. The van der Waals surface area contributed by atoms with Crippen molar-refractivity contribution in [3.63, 3.8) is 0 Å². The van der Waals surface area contributed by atoms with Gasteiger partial charge in [0.2, 0.25) is 0 Å². The highest BCUT2D eigenvalue weighted by Crippen LogP contribution is 2.14. The molecule has 4 heteroatoms. The predicted octanol–water partition coefficient (Wildman–Crippen LogP) is 2.34. The van der Waals surface area contributed by atoms with Crippen LogP contribution in [0, 0.1) is 6.92 Å². The van der Waals surface area contributed by atoms with Crippen LogP contribution in [0.15, 0.2) is 12.1 Å². The van der Waals surface area contributed by atoms with Gasteiger partial charge in [-0.2, -0.15) is 0 Å². The summed E-state index contributed by atoms with van der Waals surface area (Å²) in [7, 11) is 0. The quantitative estimate of drug-likeness (QED) is 0.821. The minimum atomic E-state index is 0. The van der Waals surface area contributed by atoms with E-state index in [1.165, 1.54) is 9.75 Å². The highest BCUT2D eigenvalue weighted by molar-refractivity contribution is 7.11. The maximum absolute atomic E-state index is 8.95. The standard InChI is InChI=1S/C10H17NOS.ClH/c1-3-9(7-12)11-6-10-5-4-8(2)13-10;/h4-5,9,11-12H,3,6-7H2,1-2H3;1H. The average molecular weight is 236 g/mol. The van der Waals surface area contributed by atoms with Crippen molar-refractivity contribution in [2.45, 2.75) is 32.9 Å². The lowest BCUT2D eigenvalue weighted by Gasteiger charge is -2.12. The zero-order valence-corrected chi connectivity index (χ0v) is 10.3. The fourth-order valence-corrected chi connectivity index (χ4v) is 2.00. The van der Waals surface area contributed by atoms with Gasteiger partial charge in [0.25, 0.3) is 0 Å². The van der Waals surface area contributed by atoms with Crippen molar-refractivity contribution < 1.29 is 5.11 Å². The number of aliphatic hydroxyl groups excluding tert-OH is 1. The van der Waals surface area contributed by atoms with Crippen molar-refractivity contribution in [3.05, 3.63) is 21.9 Å². The van der Waals surface area contributed by atoms with Crippen molar-refractivity contribution in [3.8, 4) is 0 Å². The Hall–Kier alpha value is -0.0900. The molecule has 0 saturated heterocycles. The molecule has 2 N–H and O–H groups in total. The van der Waals surface area contributed by atoms with Gasteiger partial charge in [-0.25, -0.2) is 0 Å². The lowest BCUT2D eigenvalue weighted by atomic mass is 10.2. The molecule has 0 aliphatic carbocycles. The number of halogens is 1. The van der Waals surface area contributed by atoms with Crippen LogP contribution in [-0.2, 0) is 6.54 Å². The van der Waals surface area contributed by atoms with Gasteiger partial charge in [-0.15, -0.1) is 23.7 Å². The molecule has 0 amide bonds. The van der Waals surface area contributed by atoms with E-state index in [0.717, 1.165) is 13.0 Å². The van der Waals surface area contributed by atoms with E-state index in [2.05, 4.69) is 31.3 Å². The van der Waals surface area contributed by atoms with Crippen LogP contribution in [0.5, 0.6) is 0 Å². The molecule has 0 bridgehead atoms. The van der Waals surface area contributed by atoms with E-state index in [9.17, 15) is 0 Å². The molecule has 0 spiro atoms. The molecule has 1 unspecified atom stereocenters. The zero-order valence-electron chi connectivity index (χ0n) is 8.62. The Morgan fingerprint density at radius 2 is 2.21 bits per heavy atom. The Labute approximate surface area is 95.8 Å². The number of hydrogen-bond acceptors (Lipinski definition) is 3. The second-order valence-electron chi connectivity index (χ2n) is 3.18. The predicted molar refractivity (Wildman–Crippen MR) is 64.3 cm³/mol. The van der Waals surface area contributed by atoms with E-state index in [1.54, 1.807) is 11.3 Å². The van der Waals surface area contributed by atoms with Crippen molar-refractivity contribution in [1.29, 1.82) is 0 Å². The highest BCUT2D eigenvalue weighted by Gasteiger charge is 2.03. The molecule has 1 rings (SSSR count). The van der Waals surface area contributed by atoms with Crippen molar-refractivity contribution in [2.24, 2.45) is 0 Å². The molecule has 0 radical (unpaired) electrons. The second kappa shape index (κ2) is 7.23. The smallest absolute Gasteiger partial charge is 0.0584 e. The molecule has 0 aliphatic heterocycles. The summed E-state index contributed by atoms with van der Waals surface area (Å²) in [5, 5.41) is 12.3. The van der Waals surface area contributed by atoms with E-state index in [0.29, 0.717) is 0 Å². The van der Waals surface area contributed by atoms with Gasteiger partial charge in [0, 0.05) is 22.3 Å². The molecule has 82 valence electrons. The number of thiophene rings is 1. The molecule has 0 aromatic carbocycles. The average Bonchev–Trinajstić information content (AvgIpc) is 2.53. The van der Waals surface area contributed by atoms with Gasteiger partial charge in [0.05, 0.1) is 6.61 Å². The Morgan fingerprint density at radius 1 is 1.50 bits per heavy atom. The van der Waals surface area contributed by atoms with Gasteiger partial charge in [-0.05, 0) is 25.5 Å². The Morgan fingerprint density at radius 3 is 2.64 bits per heavy atom. The normalized spacial score (nSPS) is 12.2. The van der Waals surface area contributed by atoms with E-state index < -0.39 is 0 Å². The Bertz CT molecular complexity index is 248. The maximum atomic E-state index is 8.95. The van der Waals surface area contributed by atoms with Crippen LogP contribution in [0.4, 0.5) is 0 Å². The number of nitrogens with one attached hydrogen (secondary N) is 1. The first kappa shape index (κ1) is 13.9. The minimum Gasteiger partial charge on any atom is -0.395 e. The van der Waals surface area contributed by atoms with Gasteiger partial charge in [-0.1, -0.05) is 6.92 Å². The van der Waals surface area contributed by atoms with Crippen LogP contribution in [-0.4, -0.2) is 17.8 Å². The van der Waals surface area contributed by atoms with Crippen molar-refractivity contribution in [1.82, 2.24) is 5.32 Å². The SMILES string of the molecule is CCC(CO)NCc1ccc(C)s1.Cl. The van der Waals surface area contributed by atoms with Gasteiger partial charge in [0.1, 0.15) is 0 Å². The monoisotopic (exact) mass is 235 g/mol. The molecular weight excluding hydrogens is 218 g/mol. The first-order valence-corrected chi connectivity index (χ1v) is 5.47.